The van der Waals surface area contributed by atoms with Gasteiger partial charge in [-0.25, -0.2) is 0 Å². The van der Waals surface area contributed by atoms with Gasteiger partial charge in [0.1, 0.15) is 0 Å². The molecule has 0 atom stereocenters. The first-order valence-electron chi connectivity index (χ1n) is 6.48. The molecule has 2 aromatic carbocycles. The second kappa shape index (κ2) is 6.10. The lowest BCUT2D eigenvalue weighted by molar-refractivity contribution is -0.114. The van der Waals surface area contributed by atoms with Gasteiger partial charge in [-0.05, 0) is 42.8 Å². The number of nitrogens with two attached hydrogens (primary N) is 1. The zero-order valence-electron chi connectivity index (χ0n) is 11.8. The van der Waals surface area contributed by atoms with Gasteiger partial charge in [-0.1, -0.05) is 18.2 Å². The van der Waals surface area contributed by atoms with E-state index in [-0.39, 0.29) is 12.5 Å². The van der Waals surface area contributed by atoms with Gasteiger partial charge in [-0.3, -0.25) is 4.79 Å². The van der Waals surface area contributed by atoms with Gasteiger partial charge in [0.05, 0.1) is 6.54 Å². The zero-order chi connectivity index (χ0) is 14.5. The van der Waals surface area contributed by atoms with E-state index in [1.165, 1.54) is 0 Å². The number of amides is 1. The molecule has 20 heavy (non-hydrogen) atoms. The van der Waals surface area contributed by atoms with Crippen LogP contribution in [0.25, 0.3) is 0 Å². The Balaban J connectivity index is 1.98. The molecule has 0 aromatic heterocycles. The van der Waals surface area contributed by atoms with Crippen LogP contribution >= 0.6 is 0 Å². The average molecular weight is 269 g/mol. The zero-order valence-corrected chi connectivity index (χ0v) is 11.8. The number of nitrogens with one attached hydrogen (secondary N) is 1. The molecule has 104 valence electrons. The molecule has 2 aromatic rings. The molecular weight excluding hydrogens is 250 g/mol. The number of carbonyl (C=O) groups excluding carboxylic acids is 1. The number of likely N-dealkylation sites (N-methyl/N-ethyl adjacent to an activating group) is 1. The van der Waals surface area contributed by atoms with Crippen molar-refractivity contribution in [2.75, 3.05) is 29.5 Å². The van der Waals surface area contributed by atoms with Crippen LogP contribution < -0.4 is 16.0 Å². The number of benzene rings is 2. The van der Waals surface area contributed by atoms with Gasteiger partial charge in [0.15, 0.2) is 0 Å². The molecule has 0 unspecified atom stereocenters. The first-order valence-corrected chi connectivity index (χ1v) is 6.48. The molecule has 0 fully saturated rings. The molecule has 0 heterocycles. The Morgan fingerprint density at radius 1 is 1.15 bits per heavy atom. The van der Waals surface area contributed by atoms with Gasteiger partial charge in [0, 0.05) is 24.1 Å². The fourth-order valence-electron chi connectivity index (χ4n) is 1.94. The summed E-state index contributed by atoms with van der Waals surface area (Å²) in [5.41, 5.74) is 9.22. The van der Waals surface area contributed by atoms with E-state index in [9.17, 15) is 4.79 Å². The smallest absolute Gasteiger partial charge is 0.243 e. The summed E-state index contributed by atoms with van der Waals surface area (Å²) >= 11 is 0. The molecule has 0 spiro atoms. The lowest BCUT2D eigenvalue weighted by atomic mass is 10.2. The molecule has 3 N–H and O–H groups in total. The Kier molecular flexibility index (Phi) is 4.25. The summed E-state index contributed by atoms with van der Waals surface area (Å²) in [4.78, 5) is 13.9. The molecule has 0 saturated heterocycles. The number of anilines is 3. The van der Waals surface area contributed by atoms with Crippen LogP contribution in [0.1, 0.15) is 5.56 Å². The number of hydrogen-bond acceptors (Lipinski definition) is 3. The van der Waals surface area contributed by atoms with Crippen LogP contribution in [0.2, 0.25) is 0 Å². The maximum Gasteiger partial charge on any atom is 0.243 e. The van der Waals surface area contributed by atoms with Gasteiger partial charge in [-0.2, -0.15) is 0 Å². The van der Waals surface area contributed by atoms with Crippen LogP contribution in [-0.4, -0.2) is 19.5 Å². The van der Waals surface area contributed by atoms with Crippen molar-refractivity contribution >= 4 is 23.0 Å². The summed E-state index contributed by atoms with van der Waals surface area (Å²) in [5, 5.41) is 2.92. The Labute approximate surface area is 119 Å². The van der Waals surface area contributed by atoms with E-state index < -0.39 is 0 Å². The van der Waals surface area contributed by atoms with E-state index in [4.69, 9.17) is 5.73 Å². The van der Waals surface area contributed by atoms with E-state index in [1.54, 1.807) is 0 Å². The van der Waals surface area contributed by atoms with Crippen LogP contribution in [-0.2, 0) is 4.79 Å². The Morgan fingerprint density at radius 2 is 1.80 bits per heavy atom. The molecule has 0 radical (unpaired) electrons. The van der Waals surface area contributed by atoms with Gasteiger partial charge >= 0.3 is 0 Å². The Hall–Kier alpha value is -2.49. The van der Waals surface area contributed by atoms with Crippen molar-refractivity contribution in [1.29, 1.82) is 0 Å². The molecule has 0 bridgehead atoms. The highest BCUT2D eigenvalue weighted by molar-refractivity contribution is 5.94. The van der Waals surface area contributed by atoms with Crippen molar-refractivity contribution in [3.8, 4) is 0 Å². The first kappa shape index (κ1) is 13.9. The predicted octanol–water partition coefficient (Wildman–Crippen LogP) is 2.65. The topological polar surface area (TPSA) is 58.4 Å². The van der Waals surface area contributed by atoms with E-state index >= 15 is 0 Å². The van der Waals surface area contributed by atoms with Crippen molar-refractivity contribution in [2.24, 2.45) is 0 Å². The summed E-state index contributed by atoms with van der Waals surface area (Å²) < 4.78 is 0. The number of para-hydroxylation sites is 1. The third kappa shape index (κ3) is 3.51. The van der Waals surface area contributed by atoms with Gasteiger partial charge in [0.25, 0.3) is 0 Å². The Bertz CT molecular complexity index is 593. The highest BCUT2D eigenvalue weighted by atomic mass is 16.2. The maximum absolute atomic E-state index is 12.0. The number of nitrogens with zero attached hydrogens (tertiary/aromatic N) is 1. The van der Waals surface area contributed by atoms with E-state index in [0.717, 1.165) is 16.9 Å². The molecule has 1 amide bonds. The predicted molar refractivity (Wildman–Crippen MR) is 83.9 cm³/mol. The summed E-state index contributed by atoms with van der Waals surface area (Å²) in [6.07, 6.45) is 0. The standard InChI is InChI=1S/C16H19N3O/c1-12-5-3-4-6-15(12)18-16(20)11-19(2)14-9-7-13(17)8-10-14/h3-10H,11,17H2,1-2H3,(H,18,20). The Morgan fingerprint density at radius 3 is 2.45 bits per heavy atom. The van der Waals surface area contributed by atoms with Gasteiger partial charge in [-0.15, -0.1) is 0 Å². The summed E-state index contributed by atoms with van der Waals surface area (Å²) in [5.74, 6) is -0.0429. The molecule has 4 heteroatoms. The molecule has 0 aliphatic heterocycles. The second-order valence-corrected chi connectivity index (χ2v) is 4.81. The lowest BCUT2D eigenvalue weighted by Crippen LogP contribution is -2.30. The van der Waals surface area contributed by atoms with Crippen LogP contribution in [0.3, 0.4) is 0 Å². The minimum atomic E-state index is -0.0429. The molecule has 2 rings (SSSR count). The fraction of sp³-hybridized carbons (Fsp3) is 0.188. The minimum absolute atomic E-state index is 0.0429. The highest BCUT2D eigenvalue weighted by Crippen LogP contribution is 2.16. The summed E-state index contributed by atoms with van der Waals surface area (Å²) in [6, 6.07) is 15.2. The van der Waals surface area contributed by atoms with E-state index in [0.29, 0.717) is 5.69 Å². The molecule has 0 aliphatic rings. The van der Waals surface area contributed by atoms with Crippen LogP contribution in [0.5, 0.6) is 0 Å². The second-order valence-electron chi connectivity index (χ2n) is 4.81. The number of hydrogen-bond donors (Lipinski definition) is 2. The highest BCUT2D eigenvalue weighted by Gasteiger charge is 2.08. The third-order valence-corrected chi connectivity index (χ3v) is 3.13. The number of nitrogen functional groups attached to an aromatic ring is 1. The first-order chi connectivity index (χ1) is 9.56. The SMILES string of the molecule is Cc1ccccc1NC(=O)CN(C)c1ccc(N)cc1. The quantitative estimate of drug-likeness (QED) is 0.839. The molecule has 0 aliphatic carbocycles. The van der Waals surface area contributed by atoms with Crippen LogP contribution in [0.4, 0.5) is 17.1 Å². The van der Waals surface area contributed by atoms with Crippen molar-refractivity contribution in [2.45, 2.75) is 6.92 Å². The summed E-state index contributed by atoms with van der Waals surface area (Å²) in [7, 11) is 1.88. The van der Waals surface area contributed by atoms with Crippen molar-refractivity contribution in [3.05, 3.63) is 54.1 Å². The lowest BCUT2D eigenvalue weighted by Gasteiger charge is -2.19. The van der Waals surface area contributed by atoms with Crippen molar-refractivity contribution < 1.29 is 4.79 Å². The van der Waals surface area contributed by atoms with Crippen LogP contribution in [0.15, 0.2) is 48.5 Å². The average Bonchev–Trinajstić information content (AvgIpc) is 2.42. The number of aryl methyl sites for hydroxylation is 1. The third-order valence-electron chi connectivity index (χ3n) is 3.13. The maximum atomic E-state index is 12.0. The van der Waals surface area contributed by atoms with E-state index in [1.807, 2.05) is 67.4 Å². The molecule has 0 saturated carbocycles. The number of rotatable bonds is 4. The van der Waals surface area contributed by atoms with Crippen LogP contribution in [0, 0.1) is 6.92 Å². The minimum Gasteiger partial charge on any atom is -0.399 e. The number of carbonyl (C=O) groups is 1. The van der Waals surface area contributed by atoms with Crippen molar-refractivity contribution in [1.82, 2.24) is 0 Å². The monoisotopic (exact) mass is 269 g/mol. The summed E-state index contributed by atoms with van der Waals surface area (Å²) in [6.45, 7) is 2.26. The fourth-order valence-corrected chi connectivity index (χ4v) is 1.94. The van der Waals surface area contributed by atoms with Gasteiger partial charge < -0.3 is 16.0 Å². The van der Waals surface area contributed by atoms with Gasteiger partial charge in [0.2, 0.25) is 5.91 Å². The molecular formula is C16H19N3O. The largest absolute Gasteiger partial charge is 0.399 e. The van der Waals surface area contributed by atoms with Crippen molar-refractivity contribution in [3.63, 3.8) is 0 Å². The van der Waals surface area contributed by atoms with E-state index in [2.05, 4.69) is 5.32 Å². The molecule has 4 nitrogen and oxygen atoms in total. The normalized spacial score (nSPS) is 10.1.